The van der Waals surface area contributed by atoms with Crippen molar-refractivity contribution < 1.29 is 17.9 Å². The average molecular weight is 378 g/mol. The van der Waals surface area contributed by atoms with Crippen LogP contribution in [0.2, 0.25) is 0 Å². The third-order valence-electron chi connectivity index (χ3n) is 4.93. The monoisotopic (exact) mass is 378 g/mol. The molecule has 27 heavy (non-hydrogen) atoms. The lowest BCUT2D eigenvalue weighted by molar-refractivity contribution is 0.0858. The van der Waals surface area contributed by atoms with Crippen molar-refractivity contribution in [2.24, 2.45) is 0 Å². The van der Waals surface area contributed by atoms with Gasteiger partial charge in [0.15, 0.2) is 20.4 Å². The van der Waals surface area contributed by atoms with Crippen LogP contribution in [0.5, 0.6) is 5.75 Å². The van der Waals surface area contributed by atoms with E-state index in [-0.39, 0.29) is 11.5 Å². The van der Waals surface area contributed by atoms with Crippen LogP contribution in [0.15, 0.2) is 83.8 Å². The highest BCUT2D eigenvalue weighted by Gasteiger charge is 2.56. The van der Waals surface area contributed by atoms with E-state index in [1.807, 2.05) is 13.0 Å². The Morgan fingerprint density at radius 3 is 2.19 bits per heavy atom. The second-order valence-corrected chi connectivity index (χ2v) is 8.80. The van der Waals surface area contributed by atoms with E-state index in [1.54, 1.807) is 60.7 Å². The fourth-order valence-corrected chi connectivity index (χ4v) is 5.42. The Morgan fingerprint density at radius 2 is 1.52 bits per heavy atom. The van der Waals surface area contributed by atoms with Crippen LogP contribution in [0.4, 0.5) is 0 Å². The molecule has 1 aliphatic rings. The summed E-state index contributed by atoms with van der Waals surface area (Å²) in [7, 11) is -4.06. The molecule has 0 radical (unpaired) electrons. The SMILES string of the molecule is Cc1ccc2c(c1)C(=O)C(c1ccccc1)(S(=O)(=O)c1ccccc1)CO2. The molecule has 0 spiro atoms. The van der Waals surface area contributed by atoms with E-state index >= 15 is 0 Å². The quantitative estimate of drug-likeness (QED) is 0.693. The second-order valence-electron chi connectivity index (χ2n) is 6.63. The molecule has 0 aromatic heterocycles. The fourth-order valence-electron chi connectivity index (χ4n) is 3.49. The summed E-state index contributed by atoms with van der Waals surface area (Å²) in [4.78, 5) is 13.8. The van der Waals surface area contributed by atoms with E-state index in [9.17, 15) is 13.2 Å². The predicted octanol–water partition coefficient (Wildman–Crippen LogP) is 3.94. The molecule has 0 saturated carbocycles. The van der Waals surface area contributed by atoms with Crippen LogP contribution in [0.3, 0.4) is 0 Å². The largest absolute Gasteiger partial charge is 0.490 e. The van der Waals surface area contributed by atoms with Gasteiger partial charge < -0.3 is 4.74 Å². The van der Waals surface area contributed by atoms with E-state index in [4.69, 9.17) is 4.74 Å². The summed E-state index contributed by atoms with van der Waals surface area (Å²) in [6.07, 6.45) is 0. The highest BCUT2D eigenvalue weighted by Crippen LogP contribution is 2.44. The van der Waals surface area contributed by atoms with Crippen molar-refractivity contribution in [3.05, 3.63) is 95.6 Å². The van der Waals surface area contributed by atoms with E-state index in [1.165, 1.54) is 12.1 Å². The van der Waals surface area contributed by atoms with Gasteiger partial charge in [-0.25, -0.2) is 8.42 Å². The summed E-state index contributed by atoms with van der Waals surface area (Å²) in [6, 6.07) is 21.9. The molecule has 0 N–H and O–H groups in total. The maximum atomic E-state index is 13.7. The predicted molar refractivity (Wildman–Crippen MR) is 103 cm³/mol. The second kappa shape index (κ2) is 6.35. The van der Waals surface area contributed by atoms with Gasteiger partial charge in [-0.1, -0.05) is 60.2 Å². The molecule has 5 heteroatoms. The molecular weight excluding hydrogens is 360 g/mol. The normalized spacial score (nSPS) is 19.2. The zero-order chi connectivity index (χ0) is 19.1. The zero-order valence-corrected chi connectivity index (χ0v) is 15.6. The Morgan fingerprint density at radius 1 is 0.889 bits per heavy atom. The first kappa shape index (κ1) is 17.5. The van der Waals surface area contributed by atoms with E-state index in [2.05, 4.69) is 0 Å². The van der Waals surface area contributed by atoms with Gasteiger partial charge in [-0.05, 0) is 36.8 Å². The van der Waals surface area contributed by atoms with Gasteiger partial charge in [0.1, 0.15) is 12.4 Å². The van der Waals surface area contributed by atoms with Gasteiger partial charge in [0.2, 0.25) is 0 Å². The maximum absolute atomic E-state index is 13.7. The number of carbonyl (C=O) groups is 1. The Hall–Kier alpha value is -2.92. The third kappa shape index (κ3) is 2.58. The number of carbonyl (C=O) groups excluding carboxylic acids is 1. The molecule has 1 heterocycles. The summed E-state index contributed by atoms with van der Waals surface area (Å²) < 4.78 is 31.4. The number of fused-ring (bicyclic) bond motifs is 1. The summed E-state index contributed by atoms with van der Waals surface area (Å²) >= 11 is 0. The van der Waals surface area contributed by atoms with Crippen molar-refractivity contribution in [3.8, 4) is 5.75 Å². The zero-order valence-electron chi connectivity index (χ0n) is 14.8. The highest BCUT2D eigenvalue weighted by atomic mass is 32.2. The van der Waals surface area contributed by atoms with Crippen molar-refractivity contribution >= 4 is 15.6 Å². The first-order chi connectivity index (χ1) is 13.0. The van der Waals surface area contributed by atoms with Crippen LogP contribution < -0.4 is 4.74 Å². The van der Waals surface area contributed by atoms with Crippen molar-refractivity contribution in [2.75, 3.05) is 6.61 Å². The number of hydrogen-bond donors (Lipinski definition) is 0. The number of hydrogen-bond acceptors (Lipinski definition) is 4. The minimum absolute atomic E-state index is 0.0990. The fraction of sp³-hybridized carbons (Fsp3) is 0.136. The van der Waals surface area contributed by atoms with E-state index in [0.29, 0.717) is 16.9 Å². The van der Waals surface area contributed by atoms with Crippen molar-refractivity contribution in [1.29, 1.82) is 0 Å². The number of aryl methyl sites for hydroxylation is 1. The highest BCUT2D eigenvalue weighted by molar-refractivity contribution is 7.93. The number of benzene rings is 3. The van der Waals surface area contributed by atoms with Crippen LogP contribution in [0.25, 0.3) is 0 Å². The topological polar surface area (TPSA) is 60.4 Å². The number of rotatable bonds is 3. The minimum atomic E-state index is -4.06. The summed E-state index contributed by atoms with van der Waals surface area (Å²) in [5.74, 6) is -0.0390. The minimum Gasteiger partial charge on any atom is -0.490 e. The molecule has 0 aliphatic carbocycles. The van der Waals surface area contributed by atoms with Gasteiger partial charge in [-0.15, -0.1) is 0 Å². The standard InChI is InChI=1S/C22H18O4S/c1-16-12-13-20-19(14-16)21(23)22(15-26-20,17-8-4-2-5-9-17)27(24,25)18-10-6-3-7-11-18/h2-14H,15H2,1H3. The molecule has 1 unspecified atom stereocenters. The molecule has 1 aliphatic heterocycles. The Bertz CT molecular complexity index is 1110. The molecule has 136 valence electrons. The molecule has 4 rings (SSSR count). The van der Waals surface area contributed by atoms with Crippen LogP contribution >= 0.6 is 0 Å². The lowest BCUT2D eigenvalue weighted by atomic mass is 9.87. The lowest BCUT2D eigenvalue weighted by Gasteiger charge is -2.36. The third-order valence-corrected chi connectivity index (χ3v) is 7.28. The Kier molecular flexibility index (Phi) is 4.12. The number of Topliss-reactive ketones (excluding diaryl/α,β-unsaturated/α-hetero) is 1. The van der Waals surface area contributed by atoms with Crippen LogP contribution in [-0.4, -0.2) is 20.8 Å². The van der Waals surface area contributed by atoms with Crippen molar-refractivity contribution in [3.63, 3.8) is 0 Å². The Labute approximate surface area is 158 Å². The molecule has 0 amide bonds. The molecule has 1 atom stereocenters. The van der Waals surface area contributed by atoms with Gasteiger partial charge in [0, 0.05) is 0 Å². The Balaban J connectivity index is 2.02. The first-order valence-corrected chi connectivity index (χ1v) is 10.1. The summed E-state index contributed by atoms with van der Waals surface area (Å²) in [6.45, 7) is 1.60. The number of ether oxygens (including phenoxy) is 1. The van der Waals surface area contributed by atoms with E-state index < -0.39 is 20.4 Å². The molecule has 4 nitrogen and oxygen atoms in total. The molecule has 3 aromatic carbocycles. The first-order valence-electron chi connectivity index (χ1n) is 8.60. The molecular formula is C22H18O4S. The van der Waals surface area contributed by atoms with E-state index in [0.717, 1.165) is 5.56 Å². The van der Waals surface area contributed by atoms with Gasteiger partial charge in [-0.2, -0.15) is 0 Å². The van der Waals surface area contributed by atoms with Crippen LogP contribution in [-0.2, 0) is 14.6 Å². The molecule has 0 saturated heterocycles. The summed E-state index contributed by atoms with van der Waals surface area (Å²) in [5.41, 5.74) is 1.57. The van der Waals surface area contributed by atoms with Crippen LogP contribution in [0, 0.1) is 6.92 Å². The molecule has 0 bridgehead atoms. The van der Waals surface area contributed by atoms with Crippen LogP contribution in [0.1, 0.15) is 21.5 Å². The molecule has 3 aromatic rings. The van der Waals surface area contributed by atoms with Gasteiger partial charge in [0.25, 0.3) is 0 Å². The smallest absolute Gasteiger partial charge is 0.199 e. The maximum Gasteiger partial charge on any atom is 0.199 e. The lowest BCUT2D eigenvalue weighted by Crippen LogP contribution is -2.51. The van der Waals surface area contributed by atoms with Gasteiger partial charge >= 0.3 is 0 Å². The van der Waals surface area contributed by atoms with Crippen molar-refractivity contribution in [2.45, 2.75) is 16.6 Å². The van der Waals surface area contributed by atoms with Crippen molar-refractivity contribution in [1.82, 2.24) is 0 Å². The number of ketones is 1. The summed E-state index contributed by atoms with van der Waals surface area (Å²) in [5, 5.41) is 0. The number of sulfone groups is 1. The van der Waals surface area contributed by atoms with Gasteiger partial charge in [0.05, 0.1) is 10.5 Å². The average Bonchev–Trinajstić information content (AvgIpc) is 2.70. The van der Waals surface area contributed by atoms with Gasteiger partial charge in [-0.3, -0.25) is 4.79 Å². The molecule has 0 fully saturated rings.